The maximum Gasteiger partial charge on any atom is 0.306 e. The summed E-state index contributed by atoms with van der Waals surface area (Å²) in [6.45, 7) is 3.51. The molecular weight excluding hydrogens is 354 g/mol. The van der Waals surface area contributed by atoms with Gasteiger partial charge in [-0.3, -0.25) is 9.59 Å². The number of likely N-dealkylation sites (tertiary alicyclic amines) is 1. The third-order valence-corrected chi connectivity index (χ3v) is 5.11. The zero-order valence-electron chi connectivity index (χ0n) is 14.8. The fourth-order valence-corrected chi connectivity index (χ4v) is 3.79. The number of esters is 1. The molecule has 7 nitrogen and oxygen atoms in total. The third-order valence-electron chi connectivity index (χ3n) is 4.43. The molecule has 1 unspecified atom stereocenters. The van der Waals surface area contributed by atoms with Gasteiger partial charge >= 0.3 is 5.97 Å². The fraction of sp³-hybridized carbons (Fsp3) is 0.556. The van der Waals surface area contributed by atoms with E-state index in [4.69, 9.17) is 9.26 Å². The molecule has 2 aromatic heterocycles. The van der Waals surface area contributed by atoms with Crippen LogP contribution >= 0.6 is 11.3 Å². The average molecular weight is 377 g/mol. The second-order valence-electron chi connectivity index (χ2n) is 6.38. The topological polar surface area (TPSA) is 85.5 Å². The Bertz CT molecular complexity index is 729. The first-order chi connectivity index (χ1) is 12.7. The standard InChI is InChI=1S/C18H23N3O4S/c1-2-24-17(23)6-5-16(22)21-8-3-4-13(11-21)10-15-19-18(20-25-15)14-7-9-26-12-14/h7,9,12-13H,2-6,8,10-11H2,1H3. The Morgan fingerprint density at radius 3 is 3.08 bits per heavy atom. The largest absolute Gasteiger partial charge is 0.466 e. The molecule has 1 amide bonds. The molecule has 26 heavy (non-hydrogen) atoms. The highest BCUT2D eigenvalue weighted by Gasteiger charge is 2.26. The molecular formula is C18H23N3O4S. The van der Waals surface area contributed by atoms with Gasteiger partial charge in [-0.2, -0.15) is 16.3 Å². The van der Waals surface area contributed by atoms with E-state index in [1.54, 1.807) is 18.3 Å². The number of carbonyl (C=O) groups is 2. The maximum atomic E-state index is 12.3. The van der Waals surface area contributed by atoms with E-state index in [0.29, 0.717) is 37.2 Å². The van der Waals surface area contributed by atoms with Crippen molar-refractivity contribution >= 4 is 23.2 Å². The van der Waals surface area contributed by atoms with Gasteiger partial charge in [0.05, 0.1) is 13.0 Å². The molecule has 0 saturated carbocycles. The van der Waals surface area contributed by atoms with Crippen LogP contribution in [0.2, 0.25) is 0 Å². The molecule has 1 fully saturated rings. The Morgan fingerprint density at radius 1 is 1.42 bits per heavy atom. The molecule has 8 heteroatoms. The number of piperidine rings is 1. The van der Waals surface area contributed by atoms with Gasteiger partial charge in [0.25, 0.3) is 0 Å². The molecule has 3 heterocycles. The van der Waals surface area contributed by atoms with E-state index in [0.717, 1.165) is 24.9 Å². The number of carbonyl (C=O) groups excluding carboxylic acids is 2. The minimum Gasteiger partial charge on any atom is -0.466 e. The zero-order valence-corrected chi connectivity index (χ0v) is 15.7. The minimum absolute atomic E-state index is 0.00671. The van der Waals surface area contributed by atoms with Crippen LogP contribution in [-0.2, 0) is 20.7 Å². The quantitative estimate of drug-likeness (QED) is 0.690. The molecule has 2 aromatic rings. The zero-order chi connectivity index (χ0) is 18.4. The maximum absolute atomic E-state index is 12.3. The second-order valence-corrected chi connectivity index (χ2v) is 7.16. The van der Waals surface area contributed by atoms with Crippen LogP contribution < -0.4 is 0 Å². The van der Waals surface area contributed by atoms with Crippen LogP contribution in [-0.4, -0.2) is 46.6 Å². The number of nitrogens with zero attached hydrogens (tertiary/aromatic N) is 3. The lowest BCUT2D eigenvalue weighted by Gasteiger charge is -2.32. The monoisotopic (exact) mass is 377 g/mol. The van der Waals surface area contributed by atoms with Crippen LogP contribution in [0.15, 0.2) is 21.3 Å². The highest BCUT2D eigenvalue weighted by molar-refractivity contribution is 7.08. The molecule has 0 aliphatic carbocycles. The number of thiophene rings is 1. The molecule has 1 aliphatic rings. The molecule has 1 aliphatic heterocycles. The van der Waals surface area contributed by atoms with Crippen molar-refractivity contribution < 1.29 is 18.8 Å². The van der Waals surface area contributed by atoms with Gasteiger partial charge in [0.2, 0.25) is 17.6 Å². The molecule has 0 aromatic carbocycles. The van der Waals surface area contributed by atoms with E-state index in [9.17, 15) is 9.59 Å². The number of hydrogen-bond donors (Lipinski definition) is 0. The van der Waals surface area contributed by atoms with E-state index in [1.807, 2.05) is 21.7 Å². The Labute approximate surface area is 156 Å². The van der Waals surface area contributed by atoms with E-state index in [-0.39, 0.29) is 24.7 Å². The summed E-state index contributed by atoms with van der Waals surface area (Å²) in [6, 6.07) is 1.96. The summed E-state index contributed by atoms with van der Waals surface area (Å²) in [5.41, 5.74) is 0.962. The molecule has 0 radical (unpaired) electrons. The van der Waals surface area contributed by atoms with Crippen LogP contribution in [0.1, 0.15) is 38.5 Å². The van der Waals surface area contributed by atoms with Crippen LogP contribution in [0.4, 0.5) is 0 Å². The Balaban J connectivity index is 1.50. The first kappa shape index (κ1) is 18.6. The normalized spacial score (nSPS) is 17.3. The van der Waals surface area contributed by atoms with Crippen molar-refractivity contribution in [3.05, 3.63) is 22.7 Å². The van der Waals surface area contributed by atoms with Gasteiger partial charge in [0.15, 0.2) is 0 Å². The lowest BCUT2D eigenvalue weighted by molar-refractivity contribution is -0.146. The summed E-state index contributed by atoms with van der Waals surface area (Å²) in [5, 5.41) is 8.00. The number of amides is 1. The van der Waals surface area contributed by atoms with Crippen molar-refractivity contribution in [2.75, 3.05) is 19.7 Å². The van der Waals surface area contributed by atoms with Crippen LogP contribution in [0.25, 0.3) is 11.4 Å². The van der Waals surface area contributed by atoms with E-state index >= 15 is 0 Å². The molecule has 1 atom stereocenters. The summed E-state index contributed by atoms with van der Waals surface area (Å²) in [4.78, 5) is 30.0. The summed E-state index contributed by atoms with van der Waals surface area (Å²) < 4.78 is 10.2. The third kappa shape index (κ3) is 4.91. The number of aromatic nitrogens is 2. The summed E-state index contributed by atoms with van der Waals surface area (Å²) in [6.07, 6.45) is 2.98. The number of rotatable bonds is 7. The predicted molar refractivity (Wildman–Crippen MR) is 96.5 cm³/mol. The summed E-state index contributed by atoms with van der Waals surface area (Å²) in [7, 11) is 0. The van der Waals surface area contributed by atoms with Gasteiger partial charge in [-0.25, -0.2) is 0 Å². The average Bonchev–Trinajstić information content (AvgIpc) is 3.32. The van der Waals surface area contributed by atoms with Gasteiger partial charge < -0.3 is 14.2 Å². The van der Waals surface area contributed by atoms with Crippen molar-refractivity contribution in [3.8, 4) is 11.4 Å². The van der Waals surface area contributed by atoms with Crippen molar-refractivity contribution in [2.45, 2.75) is 39.0 Å². The fourth-order valence-electron chi connectivity index (χ4n) is 3.15. The van der Waals surface area contributed by atoms with Gasteiger partial charge in [0, 0.05) is 36.9 Å². The van der Waals surface area contributed by atoms with Crippen molar-refractivity contribution in [3.63, 3.8) is 0 Å². The van der Waals surface area contributed by atoms with Gasteiger partial charge in [-0.05, 0) is 37.1 Å². The SMILES string of the molecule is CCOC(=O)CCC(=O)N1CCCC(Cc2nc(-c3ccsc3)no2)C1. The predicted octanol–water partition coefficient (Wildman–Crippen LogP) is 2.92. The molecule has 0 bridgehead atoms. The minimum atomic E-state index is -0.318. The smallest absolute Gasteiger partial charge is 0.306 e. The molecule has 0 spiro atoms. The summed E-state index contributed by atoms with van der Waals surface area (Å²) >= 11 is 1.59. The van der Waals surface area contributed by atoms with Crippen molar-refractivity contribution in [1.82, 2.24) is 15.0 Å². The molecule has 3 rings (SSSR count). The lowest BCUT2D eigenvalue weighted by atomic mass is 9.94. The summed E-state index contributed by atoms with van der Waals surface area (Å²) in [5.74, 6) is 1.20. The highest BCUT2D eigenvalue weighted by atomic mass is 32.1. The number of hydrogen-bond acceptors (Lipinski definition) is 7. The molecule has 140 valence electrons. The molecule has 1 saturated heterocycles. The Kier molecular flexibility index (Phi) is 6.38. The Hall–Kier alpha value is -2.22. The second kappa shape index (κ2) is 8.93. The van der Waals surface area contributed by atoms with Crippen molar-refractivity contribution in [1.29, 1.82) is 0 Å². The van der Waals surface area contributed by atoms with E-state index in [1.165, 1.54) is 0 Å². The van der Waals surface area contributed by atoms with Crippen LogP contribution in [0.5, 0.6) is 0 Å². The first-order valence-corrected chi connectivity index (χ1v) is 9.88. The van der Waals surface area contributed by atoms with Crippen LogP contribution in [0, 0.1) is 5.92 Å². The number of ether oxygens (including phenoxy) is 1. The highest BCUT2D eigenvalue weighted by Crippen LogP contribution is 2.23. The Morgan fingerprint density at radius 2 is 2.31 bits per heavy atom. The van der Waals surface area contributed by atoms with E-state index in [2.05, 4.69) is 10.1 Å². The van der Waals surface area contributed by atoms with Crippen molar-refractivity contribution in [2.24, 2.45) is 5.92 Å². The van der Waals surface area contributed by atoms with Crippen LogP contribution in [0.3, 0.4) is 0 Å². The lowest BCUT2D eigenvalue weighted by Crippen LogP contribution is -2.40. The molecule has 0 N–H and O–H groups in total. The van der Waals surface area contributed by atoms with E-state index < -0.39 is 0 Å². The first-order valence-electron chi connectivity index (χ1n) is 8.94. The van der Waals surface area contributed by atoms with Gasteiger partial charge in [0.1, 0.15) is 0 Å². The van der Waals surface area contributed by atoms with Gasteiger partial charge in [-0.1, -0.05) is 5.16 Å². The van der Waals surface area contributed by atoms with Gasteiger partial charge in [-0.15, -0.1) is 0 Å².